The molecule has 486 valence electrons. The molecule has 0 aliphatic carbocycles. The van der Waals surface area contributed by atoms with Crippen molar-refractivity contribution in [3.63, 3.8) is 0 Å². The van der Waals surface area contributed by atoms with Crippen LogP contribution in [0.3, 0.4) is 0 Å². The fourth-order valence-electron chi connectivity index (χ4n) is 9.35. The van der Waals surface area contributed by atoms with E-state index < -0.39 is 97.5 Å². The highest BCUT2D eigenvalue weighted by atomic mass is 31.2. The van der Waals surface area contributed by atoms with Crippen LogP contribution in [0.25, 0.3) is 0 Å². The van der Waals surface area contributed by atoms with Crippen LogP contribution in [-0.4, -0.2) is 96.7 Å². The maximum atomic E-state index is 13.0. The summed E-state index contributed by atoms with van der Waals surface area (Å²) in [6.45, 7) is 9.35. The van der Waals surface area contributed by atoms with Crippen molar-refractivity contribution in [3.05, 3.63) is 0 Å². The molecular formula is C63H122O17P2. The molecule has 5 atom stereocenters. The first kappa shape index (κ1) is 80.1. The third-order valence-electron chi connectivity index (χ3n) is 14.5. The Kier molecular flexibility index (Phi) is 54.3. The van der Waals surface area contributed by atoms with Crippen LogP contribution in [0.5, 0.6) is 0 Å². The summed E-state index contributed by atoms with van der Waals surface area (Å²) in [4.78, 5) is 71.8. The molecule has 0 aromatic rings. The molecular weight excluding hydrogens is 1090 g/mol. The number of carbonyl (C=O) groups excluding carboxylic acids is 4. The Hall–Kier alpha value is -1.94. The number of carbonyl (C=O) groups is 4. The molecule has 3 N–H and O–H groups in total. The van der Waals surface area contributed by atoms with Crippen LogP contribution >= 0.6 is 15.6 Å². The molecule has 82 heavy (non-hydrogen) atoms. The van der Waals surface area contributed by atoms with Gasteiger partial charge in [0.05, 0.1) is 26.4 Å². The monoisotopic (exact) mass is 1210 g/mol. The first-order valence-electron chi connectivity index (χ1n) is 33.0. The lowest BCUT2D eigenvalue weighted by molar-refractivity contribution is -0.161. The maximum Gasteiger partial charge on any atom is 0.472 e. The first-order valence-corrected chi connectivity index (χ1v) is 36.0. The molecule has 0 aromatic heterocycles. The summed E-state index contributed by atoms with van der Waals surface area (Å²) < 4.78 is 67.7. The number of esters is 4. The van der Waals surface area contributed by atoms with Crippen molar-refractivity contribution < 1.29 is 80.2 Å². The quantitative estimate of drug-likeness (QED) is 0.0222. The van der Waals surface area contributed by atoms with Gasteiger partial charge in [-0.15, -0.1) is 0 Å². The molecule has 0 bridgehead atoms. The average molecular weight is 1210 g/mol. The van der Waals surface area contributed by atoms with Crippen LogP contribution in [0.15, 0.2) is 0 Å². The number of aliphatic hydroxyl groups excluding tert-OH is 1. The van der Waals surface area contributed by atoms with Gasteiger partial charge in [0, 0.05) is 25.7 Å². The van der Waals surface area contributed by atoms with E-state index in [-0.39, 0.29) is 25.7 Å². The van der Waals surface area contributed by atoms with Crippen molar-refractivity contribution in [3.8, 4) is 0 Å². The Morgan fingerprint density at radius 2 is 0.561 bits per heavy atom. The van der Waals surface area contributed by atoms with Crippen molar-refractivity contribution in [2.75, 3.05) is 39.6 Å². The highest BCUT2D eigenvalue weighted by Gasteiger charge is 2.30. The third kappa shape index (κ3) is 57.2. The van der Waals surface area contributed by atoms with E-state index in [1.165, 1.54) is 96.3 Å². The predicted molar refractivity (Wildman–Crippen MR) is 326 cm³/mol. The van der Waals surface area contributed by atoms with Crippen LogP contribution in [0, 0.1) is 11.8 Å². The zero-order valence-corrected chi connectivity index (χ0v) is 54.6. The standard InChI is InChI=1S/C63H122O17P2/c1-7-9-11-13-25-33-39-45-60(65)73-51-58(79-62(67)47-41-35-26-14-12-10-8-2)53-77-81(69,70)75-49-57(64)50-76-82(71,72)78-54-59(52-74-61(66)46-40-34-30-29-32-38-44-56(5)6)80-63(68)48-42-36-28-24-22-20-18-16-15-17-19-21-23-27-31-37-43-55(3)4/h55-59,64H,7-54H2,1-6H3,(H,69,70)(H,71,72)/t57-,58+,59+/m0/s1. The van der Waals surface area contributed by atoms with Crippen molar-refractivity contribution in [2.45, 2.75) is 330 Å². The second-order valence-corrected chi connectivity index (χ2v) is 26.7. The summed E-state index contributed by atoms with van der Waals surface area (Å²) in [5.74, 6) is -0.658. The molecule has 0 rings (SSSR count). The molecule has 0 spiro atoms. The lowest BCUT2D eigenvalue weighted by Gasteiger charge is -2.21. The molecule has 2 unspecified atom stereocenters. The Labute approximate surface area is 498 Å². The van der Waals surface area contributed by atoms with Crippen molar-refractivity contribution in [2.24, 2.45) is 11.8 Å². The normalized spacial score (nSPS) is 14.3. The Bertz CT molecular complexity index is 1620. The minimum atomic E-state index is -4.94. The molecule has 0 aromatic carbocycles. The number of phosphoric acid groups is 2. The van der Waals surface area contributed by atoms with Gasteiger partial charge in [-0.3, -0.25) is 37.3 Å². The number of rotatable bonds is 62. The highest BCUT2D eigenvalue weighted by molar-refractivity contribution is 7.47. The Balaban J connectivity index is 5.10. The Morgan fingerprint density at radius 3 is 0.829 bits per heavy atom. The highest BCUT2D eigenvalue weighted by Crippen LogP contribution is 2.45. The van der Waals surface area contributed by atoms with Crippen LogP contribution in [-0.2, 0) is 65.4 Å². The van der Waals surface area contributed by atoms with Gasteiger partial charge < -0.3 is 33.8 Å². The van der Waals surface area contributed by atoms with E-state index in [4.69, 9.17) is 37.0 Å². The van der Waals surface area contributed by atoms with Gasteiger partial charge in [-0.2, -0.15) is 0 Å². The van der Waals surface area contributed by atoms with Crippen LogP contribution in [0.4, 0.5) is 0 Å². The summed E-state index contributed by atoms with van der Waals surface area (Å²) in [7, 11) is -9.87. The first-order chi connectivity index (χ1) is 39.4. The van der Waals surface area contributed by atoms with E-state index >= 15 is 0 Å². The molecule has 19 heteroatoms. The Morgan fingerprint density at radius 1 is 0.329 bits per heavy atom. The van der Waals surface area contributed by atoms with Gasteiger partial charge in [-0.25, -0.2) is 9.13 Å². The number of aliphatic hydroxyl groups is 1. The van der Waals surface area contributed by atoms with Gasteiger partial charge in [0.1, 0.15) is 19.3 Å². The summed E-state index contributed by atoms with van der Waals surface area (Å²) in [6.07, 6.45) is 38.1. The zero-order valence-electron chi connectivity index (χ0n) is 52.8. The van der Waals surface area contributed by atoms with E-state index in [2.05, 4.69) is 41.5 Å². The minimum Gasteiger partial charge on any atom is -0.462 e. The molecule has 0 fully saturated rings. The van der Waals surface area contributed by atoms with Crippen molar-refractivity contribution >= 4 is 39.5 Å². The van der Waals surface area contributed by atoms with E-state index in [1.54, 1.807) is 0 Å². The number of hydrogen-bond donors (Lipinski definition) is 3. The van der Waals surface area contributed by atoms with Gasteiger partial charge in [0.15, 0.2) is 12.2 Å². The third-order valence-corrected chi connectivity index (χ3v) is 16.4. The SMILES string of the molecule is CCCCCCCCCC(=O)OC[C@H](COP(=O)(O)OC[C@H](O)COP(=O)(O)OC[C@@H](COC(=O)CCCCCCCCC(C)C)OC(=O)CCCCCCCCCCCCCCCCCCC(C)C)OC(=O)CCCCCCCCC. The second-order valence-electron chi connectivity index (χ2n) is 23.7. The fraction of sp³-hybridized carbons (Fsp3) is 0.937. The summed E-state index contributed by atoms with van der Waals surface area (Å²) >= 11 is 0. The molecule has 0 radical (unpaired) electrons. The van der Waals surface area contributed by atoms with Crippen molar-refractivity contribution in [1.29, 1.82) is 0 Å². The smallest absolute Gasteiger partial charge is 0.462 e. The van der Waals surface area contributed by atoms with Crippen LogP contribution in [0.1, 0.15) is 311 Å². The molecule has 0 saturated carbocycles. The van der Waals surface area contributed by atoms with E-state index in [9.17, 15) is 43.2 Å². The van der Waals surface area contributed by atoms with E-state index in [0.29, 0.717) is 31.6 Å². The van der Waals surface area contributed by atoms with Crippen LogP contribution < -0.4 is 0 Å². The lowest BCUT2D eigenvalue weighted by Crippen LogP contribution is -2.30. The van der Waals surface area contributed by atoms with Gasteiger partial charge in [-0.1, -0.05) is 260 Å². The van der Waals surface area contributed by atoms with E-state index in [1.807, 2.05) is 0 Å². The summed E-state index contributed by atoms with van der Waals surface area (Å²) in [5.41, 5.74) is 0. The average Bonchev–Trinajstić information content (AvgIpc) is 3.44. The molecule has 0 heterocycles. The maximum absolute atomic E-state index is 13.0. The number of phosphoric ester groups is 2. The molecule has 0 saturated heterocycles. The summed E-state index contributed by atoms with van der Waals surface area (Å²) in [5, 5.41) is 10.5. The zero-order chi connectivity index (χ0) is 60.8. The minimum absolute atomic E-state index is 0.103. The molecule has 0 aliphatic heterocycles. The molecule has 0 amide bonds. The number of ether oxygens (including phenoxy) is 4. The number of hydrogen-bond acceptors (Lipinski definition) is 15. The van der Waals surface area contributed by atoms with Gasteiger partial charge in [-0.05, 0) is 37.5 Å². The number of unbranched alkanes of at least 4 members (excludes halogenated alkanes) is 32. The van der Waals surface area contributed by atoms with Crippen molar-refractivity contribution in [1.82, 2.24) is 0 Å². The van der Waals surface area contributed by atoms with Gasteiger partial charge in [0.25, 0.3) is 0 Å². The van der Waals surface area contributed by atoms with Gasteiger partial charge >= 0.3 is 39.5 Å². The lowest BCUT2D eigenvalue weighted by atomic mass is 10.0. The topological polar surface area (TPSA) is 237 Å². The van der Waals surface area contributed by atoms with E-state index in [0.717, 1.165) is 128 Å². The second kappa shape index (κ2) is 55.6. The fourth-order valence-corrected chi connectivity index (χ4v) is 10.9. The predicted octanol–water partition coefficient (Wildman–Crippen LogP) is 17.3. The largest absolute Gasteiger partial charge is 0.472 e. The molecule has 0 aliphatic rings. The van der Waals surface area contributed by atoms with Gasteiger partial charge in [0.2, 0.25) is 0 Å². The summed E-state index contributed by atoms with van der Waals surface area (Å²) in [6, 6.07) is 0. The van der Waals surface area contributed by atoms with Crippen LogP contribution in [0.2, 0.25) is 0 Å². The molecule has 17 nitrogen and oxygen atoms in total.